The molecular weight excluding hydrogens is 192 g/mol. The minimum Gasteiger partial charge on any atom is -0.323 e. The van der Waals surface area contributed by atoms with Gasteiger partial charge in [0, 0.05) is 10.9 Å². The van der Waals surface area contributed by atoms with E-state index in [1.807, 2.05) is 11.3 Å². The molecule has 1 aliphatic carbocycles. The second kappa shape index (κ2) is 4.41. The number of hydrogen-bond donors (Lipinski definition) is 1. The largest absolute Gasteiger partial charge is 0.323 e. The highest BCUT2D eigenvalue weighted by Crippen LogP contribution is 2.32. The molecular formula is C11H18N2S. The fourth-order valence-electron chi connectivity index (χ4n) is 1.94. The van der Waals surface area contributed by atoms with E-state index >= 15 is 0 Å². The maximum Gasteiger partial charge on any atom is 0.0931 e. The summed E-state index contributed by atoms with van der Waals surface area (Å²) in [6.07, 6.45) is 7.14. The van der Waals surface area contributed by atoms with Gasteiger partial charge in [-0.15, -0.1) is 11.3 Å². The van der Waals surface area contributed by atoms with Crippen LogP contribution in [-0.2, 0) is 12.8 Å². The average Bonchev–Trinajstić information content (AvgIpc) is 2.59. The number of rotatable bonds is 3. The number of nitrogens with two attached hydrogens (primary N) is 1. The Bertz CT molecular complexity index is 306. The molecule has 0 radical (unpaired) electrons. The molecule has 0 aliphatic heterocycles. The summed E-state index contributed by atoms with van der Waals surface area (Å²) in [7, 11) is 0. The van der Waals surface area contributed by atoms with Crippen molar-refractivity contribution in [2.45, 2.75) is 51.5 Å². The highest BCUT2D eigenvalue weighted by Gasteiger charge is 2.21. The molecule has 1 aromatic rings. The van der Waals surface area contributed by atoms with Gasteiger partial charge in [0.05, 0.1) is 10.7 Å². The van der Waals surface area contributed by atoms with Crippen molar-refractivity contribution in [1.82, 2.24) is 4.98 Å². The minimum atomic E-state index is 0.270. The lowest BCUT2D eigenvalue weighted by Crippen LogP contribution is -2.15. The van der Waals surface area contributed by atoms with Crippen LogP contribution in [0.15, 0.2) is 0 Å². The summed E-state index contributed by atoms with van der Waals surface area (Å²) in [6, 6.07) is 0.270. The van der Waals surface area contributed by atoms with Crippen molar-refractivity contribution in [1.29, 1.82) is 0 Å². The average molecular weight is 210 g/mol. The lowest BCUT2D eigenvalue weighted by molar-refractivity contribution is 0.572. The molecule has 1 atom stereocenters. The Balaban J connectivity index is 2.13. The Morgan fingerprint density at radius 3 is 3.14 bits per heavy atom. The Morgan fingerprint density at radius 2 is 2.43 bits per heavy atom. The molecule has 14 heavy (non-hydrogen) atoms. The highest BCUT2D eigenvalue weighted by atomic mass is 32.1. The van der Waals surface area contributed by atoms with E-state index in [4.69, 9.17) is 5.73 Å². The molecule has 2 rings (SSSR count). The van der Waals surface area contributed by atoms with E-state index in [-0.39, 0.29) is 6.04 Å². The van der Waals surface area contributed by atoms with Gasteiger partial charge in [0.1, 0.15) is 0 Å². The van der Waals surface area contributed by atoms with E-state index < -0.39 is 0 Å². The van der Waals surface area contributed by atoms with Crippen LogP contribution in [0.5, 0.6) is 0 Å². The van der Waals surface area contributed by atoms with Crippen molar-refractivity contribution in [3.8, 4) is 0 Å². The molecule has 0 amide bonds. The van der Waals surface area contributed by atoms with Crippen LogP contribution in [0.3, 0.4) is 0 Å². The van der Waals surface area contributed by atoms with Crippen LogP contribution in [0.4, 0.5) is 0 Å². The van der Waals surface area contributed by atoms with Gasteiger partial charge in [-0.1, -0.05) is 13.3 Å². The van der Waals surface area contributed by atoms with Crippen molar-refractivity contribution in [3.05, 3.63) is 15.6 Å². The summed E-state index contributed by atoms with van der Waals surface area (Å²) < 4.78 is 0. The number of aromatic nitrogens is 1. The third-order valence-corrected chi connectivity index (χ3v) is 4.07. The van der Waals surface area contributed by atoms with Gasteiger partial charge in [-0.2, -0.15) is 0 Å². The molecule has 0 spiro atoms. The van der Waals surface area contributed by atoms with Gasteiger partial charge < -0.3 is 5.73 Å². The molecule has 78 valence electrons. The van der Waals surface area contributed by atoms with Gasteiger partial charge in [-0.05, 0) is 32.1 Å². The fourth-order valence-corrected chi connectivity index (χ4v) is 3.13. The van der Waals surface area contributed by atoms with Crippen LogP contribution < -0.4 is 5.73 Å². The smallest absolute Gasteiger partial charge is 0.0931 e. The first-order chi connectivity index (χ1) is 6.81. The predicted octanol–water partition coefficient (Wildman–Crippen LogP) is 2.82. The normalized spacial score (nSPS) is 20.9. The molecule has 1 aromatic heterocycles. The third kappa shape index (κ3) is 1.98. The zero-order valence-electron chi connectivity index (χ0n) is 8.75. The second-order valence-electron chi connectivity index (χ2n) is 4.02. The van der Waals surface area contributed by atoms with Gasteiger partial charge in [0.2, 0.25) is 0 Å². The quantitative estimate of drug-likeness (QED) is 0.833. The summed E-state index contributed by atoms with van der Waals surface area (Å²) in [4.78, 5) is 6.04. The van der Waals surface area contributed by atoms with E-state index in [0.29, 0.717) is 0 Å². The number of nitrogens with zero attached hydrogens (tertiary/aromatic N) is 1. The van der Waals surface area contributed by atoms with Crippen molar-refractivity contribution >= 4 is 11.3 Å². The molecule has 3 heteroatoms. The Kier molecular flexibility index (Phi) is 3.19. The highest BCUT2D eigenvalue weighted by molar-refractivity contribution is 7.11. The molecule has 1 unspecified atom stereocenters. The molecule has 0 saturated heterocycles. The van der Waals surface area contributed by atoms with Crippen LogP contribution >= 0.6 is 11.3 Å². The lowest BCUT2D eigenvalue weighted by atomic mass is 9.99. The minimum absolute atomic E-state index is 0.270. The van der Waals surface area contributed by atoms with Crippen LogP contribution in [-0.4, -0.2) is 4.98 Å². The van der Waals surface area contributed by atoms with Crippen LogP contribution in [0.2, 0.25) is 0 Å². The van der Waals surface area contributed by atoms with Crippen molar-refractivity contribution in [2.75, 3.05) is 0 Å². The Labute approximate surface area is 89.5 Å². The molecule has 0 fully saturated rings. The molecule has 1 heterocycles. The molecule has 2 nitrogen and oxygen atoms in total. The number of aryl methyl sites for hydroxylation is 2. The topological polar surface area (TPSA) is 38.9 Å². The fraction of sp³-hybridized carbons (Fsp3) is 0.727. The van der Waals surface area contributed by atoms with Gasteiger partial charge in [0.25, 0.3) is 0 Å². The monoisotopic (exact) mass is 210 g/mol. The number of fused-ring (bicyclic) bond motifs is 1. The van der Waals surface area contributed by atoms with E-state index in [0.717, 1.165) is 19.3 Å². The van der Waals surface area contributed by atoms with E-state index in [9.17, 15) is 0 Å². The van der Waals surface area contributed by atoms with E-state index in [1.54, 1.807) is 0 Å². The van der Waals surface area contributed by atoms with Crippen molar-refractivity contribution in [2.24, 2.45) is 5.73 Å². The molecule has 0 bridgehead atoms. The first kappa shape index (κ1) is 10.1. The van der Waals surface area contributed by atoms with Crippen LogP contribution in [0.25, 0.3) is 0 Å². The maximum absolute atomic E-state index is 6.06. The zero-order chi connectivity index (χ0) is 9.97. The van der Waals surface area contributed by atoms with Crippen molar-refractivity contribution < 1.29 is 0 Å². The first-order valence-corrected chi connectivity index (χ1v) is 6.37. The van der Waals surface area contributed by atoms with Gasteiger partial charge >= 0.3 is 0 Å². The Hall–Kier alpha value is -0.410. The standard InChI is InChI=1S/C11H18N2S/c1-2-3-7-10-13-9-6-4-5-8(12)11(9)14-10/h8H,2-7,12H2,1H3. The summed E-state index contributed by atoms with van der Waals surface area (Å²) in [6.45, 7) is 2.22. The third-order valence-electron chi connectivity index (χ3n) is 2.78. The van der Waals surface area contributed by atoms with Gasteiger partial charge in [-0.3, -0.25) is 0 Å². The molecule has 0 saturated carbocycles. The molecule has 2 N–H and O–H groups in total. The SMILES string of the molecule is CCCCc1nc2c(s1)C(N)CCC2. The number of hydrogen-bond acceptors (Lipinski definition) is 3. The molecule has 1 aliphatic rings. The first-order valence-electron chi connectivity index (χ1n) is 5.55. The van der Waals surface area contributed by atoms with Crippen LogP contribution in [0, 0.1) is 0 Å². The van der Waals surface area contributed by atoms with Gasteiger partial charge in [-0.25, -0.2) is 4.98 Å². The summed E-state index contributed by atoms with van der Waals surface area (Å²) >= 11 is 1.85. The predicted molar refractivity (Wildman–Crippen MR) is 60.6 cm³/mol. The van der Waals surface area contributed by atoms with Crippen LogP contribution in [0.1, 0.15) is 54.2 Å². The summed E-state index contributed by atoms with van der Waals surface area (Å²) in [5.74, 6) is 0. The van der Waals surface area contributed by atoms with E-state index in [1.165, 1.54) is 34.8 Å². The molecule has 0 aromatic carbocycles. The lowest BCUT2D eigenvalue weighted by Gasteiger charge is -2.15. The number of unbranched alkanes of at least 4 members (excludes halogenated alkanes) is 1. The number of thiazole rings is 1. The second-order valence-corrected chi connectivity index (χ2v) is 5.14. The van der Waals surface area contributed by atoms with Crippen molar-refractivity contribution in [3.63, 3.8) is 0 Å². The summed E-state index contributed by atoms with van der Waals surface area (Å²) in [5, 5.41) is 1.30. The van der Waals surface area contributed by atoms with E-state index in [2.05, 4.69) is 11.9 Å². The zero-order valence-corrected chi connectivity index (χ0v) is 9.57. The van der Waals surface area contributed by atoms with Gasteiger partial charge in [0.15, 0.2) is 0 Å². The maximum atomic E-state index is 6.06. The summed E-state index contributed by atoms with van der Waals surface area (Å²) in [5.41, 5.74) is 7.35. The Morgan fingerprint density at radius 1 is 1.57 bits per heavy atom.